The largest absolute Gasteiger partial charge is 0.322 e. The summed E-state index contributed by atoms with van der Waals surface area (Å²) in [6, 6.07) is 14.5. The number of carbonyl (C=O) groups is 1. The van der Waals surface area contributed by atoms with Gasteiger partial charge in [-0.1, -0.05) is 12.1 Å². The van der Waals surface area contributed by atoms with Gasteiger partial charge in [-0.3, -0.25) is 9.52 Å². The van der Waals surface area contributed by atoms with Gasteiger partial charge < -0.3 is 5.32 Å². The van der Waals surface area contributed by atoms with E-state index in [0.717, 1.165) is 35.9 Å². The van der Waals surface area contributed by atoms with Crippen LogP contribution in [0.25, 0.3) is 0 Å². The summed E-state index contributed by atoms with van der Waals surface area (Å²) in [5.41, 5.74) is 1.08. The number of hydrogen-bond acceptors (Lipinski definition) is 3. The molecule has 0 spiro atoms. The molecule has 0 unspecified atom stereocenters. The average Bonchev–Trinajstić information content (AvgIpc) is 2.63. The molecule has 0 heterocycles. The Morgan fingerprint density at radius 1 is 0.893 bits per heavy atom. The van der Waals surface area contributed by atoms with Crippen molar-refractivity contribution >= 4 is 27.3 Å². The van der Waals surface area contributed by atoms with Crippen LogP contribution in [0, 0.1) is 18.6 Å². The number of hydrogen-bond donors (Lipinski definition) is 2. The quantitative estimate of drug-likeness (QED) is 0.667. The van der Waals surface area contributed by atoms with Crippen molar-refractivity contribution in [2.45, 2.75) is 11.8 Å². The van der Waals surface area contributed by atoms with Crippen LogP contribution >= 0.6 is 0 Å². The van der Waals surface area contributed by atoms with Crippen molar-refractivity contribution in [3.8, 4) is 0 Å². The van der Waals surface area contributed by atoms with Gasteiger partial charge in [-0.05, 0) is 67.1 Å². The third-order valence-corrected chi connectivity index (χ3v) is 5.24. The molecule has 0 radical (unpaired) electrons. The average molecular weight is 402 g/mol. The van der Waals surface area contributed by atoms with Gasteiger partial charge in [0.15, 0.2) is 0 Å². The molecule has 0 saturated carbocycles. The summed E-state index contributed by atoms with van der Waals surface area (Å²) in [5, 5.41) is 2.54. The number of rotatable bonds is 5. The van der Waals surface area contributed by atoms with Crippen LogP contribution in [-0.4, -0.2) is 14.3 Å². The summed E-state index contributed by atoms with van der Waals surface area (Å²) >= 11 is 0. The molecule has 5 nitrogen and oxygen atoms in total. The summed E-state index contributed by atoms with van der Waals surface area (Å²) in [6.07, 6.45) is 0. The monoisotopic (exact) mass is 402 g/mol. The van der Waals surface area contributed by atoms with Crippen LogP contribution in [0.4, 0.5) is 20.2 Å². The van der Waals surface area contributed by atoms with E-state index in [0.29, 0.717) is 5.69 Å². The molecule has 2 N–H and O–H groups in total. The van der Waals surface area contributed by atoms with E-state index in [-0.39, 0.29) is 10.6 Å². The van der Waals surface area contributed by atoms with Crippen LogP contribution in [0.2, 0.25) is 0 Å². The van der Waals surface area contributed by atoms with E-state index in [9.17, 15) is 22.0 Å². The number of halogens is 2. The molecule has 3 aromatic carbocycles. The van der Waals surface area contributed by atoms with Crippen LogP contribution in [-0.2, 0) is 10.0 Å². The Morgan fingerprint density at radius 3 is 2.29 bits per heavy atom. The second-order valence-corrected chi connectivity index (χ2v) is 7.76. The van der Waals surface area contributed by atoms with Crippen molar-refractivity contribution in [3.63, 3.8) is 0 Å². The number of amides is 1. The van der Waals surface area contributed by atoms with Crippen LogP contribution < -0.4 is 10.0 Å². The molecule has 144 valence electrons. The van der Waals surface area contributed by atoms with Crippen molar-refractivity contribution in [3.05, 3.63) is 89.5 Å². The first-order valence-corrected chi connectivity index (χ1v) is 9.69. The predicted molar refractivity (Wildman–Crippen MR) is 103 cm³/mol. The van der Waals surface area contributed by atoms with Gasteiger partial charge in [-0.15, -0.1) is 0 Å². The Labute approximate surface area is 161 Å². The zero-order valence-corrected chi connectivity index (χ0v) is 15.6. The second-order valence-electron chi connectivity index (χ2n) is 6.08. The lowest BCUT2D eigenvalue weighted by Gasteiger charge is -2.11. The van der Waals surface area contributed by atoms with Crippen molar-refractivity contribution < 1.29 is 22.0 Å². The van der Waals surface area contributed by atoms with Crippen molar-refractivity contribution in [1.82, 2.24) is 0 Å². The third-order valence-electron chi connectivity index (χ3n) is 3.87. The van der Waals surface area contributed by atoms with Gasteiger partial charge in [-0.25, -0.2) is 17.2 Å². The highest BCUT2D eigenvalue weighted by Crippen LogP contribution is 2.20. The molecule has 0 fully saturated rings. The minimum atomic E-state index is -4.10. The standard InChI is InChI=1S/C20H16F2N2O3S/c1-13-3-2-4-16(11-13)23-20(25)18-12-17(9-10-19(18)22)28(26,27)24-15-7-5-14(21)6-8-15/h2-12,24H,1H3,(H,23,25). The minimum Gasteiger partial charge on any atom is -0.322 e. The number of anilines is 2. The lowest BCUT2D eigenvalue weighted by molar-refractivity contribution is 0.102. The maximum atomic E-state index is 14.1. The van der Waals surface area contributed by atoms with Gasteiger partial charge in [0.1, 0.15) is 11.6 Å². The van der Waals surface area contributed by atoms with Crippen LogP contribution in [0.3, 0.4) is 0 Å². The molecule has 0 aliphatic rings. The molecule has 8 heteroatoms. The van der Waals surface area contributed by atoms with Gasteiger partial charge in [0, 0.05) is 11.4 Å². The van der Waals surface area contributed by atoms with Gasteiger partial charge in [-0.2, -0.15) is 0 Å². The Morgan fingerprint density at radius 2 is 1.61 bits per heavy atom. The number of carbonyl (C=O) groups excluding carboxylic acids is 1. The molecule has 0 saturated heterocycles. The molecular weight excluding hydrogens is 386 g/mol. The van der Waals surface area contributed by atoms with Crippen LogP contribution in [0.5, 0.6) is 0 Å². The number of nitrogens with one attached hydrogen (secondary N) is 2. The molecule has 0 bridgehead atoms. The zero-order valence-electron chi connectivity index (χ0n) is 14.7. The van der Waals surface area contributed by atoms with Gasteiger partial charge in [0.05, 0.1) is 10.5 Å². The Balaban J connectivity index is 1.87. The smallest absolute Gasteiger partial charge is 0.261 e. The minimum absolute atomic E-state index is 0.136. The first-order valence-electron chi connectivity index (χ1n) is 8.20. The maximum Gasteiger partial charge on any atom is 0.261 e. The molecule has 0 aromatic heterocycles. The highest BCUT2D eigenvalue weighted by molar-refractivity contribution is 7.92. The highest BCUT2D eigenvalue weighted by Gasteiger charge is 2.20. The van der Waals surface area contributed by atoms with Crippen molar-refractivity contribution in [2.75, 3.05) is 10.0 Å². The fourth-order valence-corrected chi connectivity index (χ4v) is 3.58. The fraction of sp³-hybridized carbons (Fsp3) is 0.0500. The lowest BCUT2D eigenvalue weighted by Crippen LogP contribution is -2.17. The summed E-state index contributed by atoms with van der Waals surface area (Å²) in [4.78, 5) is 12.1. The van der Waals surface area contributed by atoms with E-state index in [1.165, 1.54) is 12.1 Å². The van der Waals surface area contributed by atoms with Gasteiger partial charge in [0.25, 0.3) is 15.9 Å². The molecule has 0 atom stereocenters. The lowest BCUT2D eigenvalue weighted by atomic mass is 10.1. The SMILES string of the molecule is Cc1cccc(NC(=O)c2cc(S(=O)(=O)Nc3ccc(F)cc3)ccc2F)c1. The van der Waals surface area contributed by atoms with Crippen molar-refractivity contribution in [1.29, 1.82) is 0 Å². The Bertz CT molecular complexity index is 1130. The first-order chi connectivity index (χ1) is 13.2. The Hall–Kier alpha value is -3.26. The van der Waals surface area contributed by atoms with Gasteiger partial charge in [0.2, 0.25) is 0 Å². The number of aryl methyl sites for hydroxylation is 1. The van der Waals surface area contributed by atoms with Crippen LogP contribution in [0.15, 0.2) is 71.6 Å². The topological polar surface area (TPSA) is 75.3 Å². The van der Waals surface area contributed by atoms with E-state index < -0.39 is 33.1 Å². The summed E-state index contributed by atoms with van der Waals surface area (Å²) < 4.78 is 54.4. The van der Waals surface area contributed by atoms with E-state index in [2.05, 4.69) is 10.0 Å². The molecular formula is C20H16F2N2O3S. The molecule has 28 heavy (non-hydrogen) atoms. The summed E-state index contributed by atoms with van der Waals surface area (Å²) in [7, 11) is -4.10. The maximum absolute atomic E-state index is 14.1. The summed E-state index contributed by atoms with van der Waals surface area (Å²) in [6.45, 7) is 1.84. The Kier molecular flexibility index (Phi) is 5.41. The third kappa shape index (κ3) is 4.52. The normalized spacial score (nSPS) is 11.1. The molecule has 3 aromatic rings. The van der Waals surface area contributed by atoms with E-state index in [1.54, 1.807) is 18.2 Å². The molecule has 0 aliphatic heterocycles. The second kappa shape index (κ2) is 7.77. The first kappa shape index (κ1) is 19.5. The highest BCUT2D eigenvalue weighted by atomic mass is 32.2. The molecule has 1 amide bonds. The molecule has 3 rings (SSSR count). The van der Waals surface area contributed by atoms with Gasteiger partial charge >= 0.3 is 0 Å². The van der Waals surface area contributed by atoms with E-state index in [4.69, 9.17) is 0 Å². The number of sulfonamides is 1. The number of benzene rings is 3. The molecule has 0 aliphatic carbocycles. The van der Waals surface area contributed by atoms with E-state index in [1.807, 2.05) is 13.0 Å². The predicted octanol–water partition coefficient (Wildman–Crippen LogP) is 4.33. The zero-order chi connectivity index (χ0) is 20.3. The van der Waals surface area contributed by atoms with Crippen LogP contribution in [0.1, 0.15) is 15.9 Å². The summed E-state index contributed by atoms with van der Waals surface area (Å²) in [5.74, 6) is -2.15. The van der Waals surface area contributed by atoms with Crippen molar-refractivity contribution in [2.24, 2.45) is 0 Å². The van der Waals surface area contributed by atoms with E-state index >= 15 is 0 Å². The fourth-order valence-electron chi connectivity index (χ4n) is 2.50.